The van der Waals surface area contributed by atoms with Crippen LogP contribution in [-0.2, 0) is 18.4 Å². The lowest BCUT2D eigenvalue weighted by Crippen LogP contribution is -2.17. The third-order valence-corrected chi connectivity index (χ3v) is 5.23. The fraction of sp³-hybridized carbons (Fsp3) is 0.0909. The summed E-state index contributed by atoms with van der Waals surface area (Å²) in [7, 11) is 1.76. The lowest BCUT2D eigenvalue weighted by Gasteiger charge is -2.12. The van der Waals surface area contributed by atoms with Crippen LogP contribution in [0.4, 0.5) is 10.6 Å². The number of ether oxygens (including phenoxy) is 1. The number of nitrogens with zero attached hydrogens (tertiary/aromatic N) is 8. The first kappa shape index (κ1) is 21.9. The van der Waals surface area contributed by atoms with Crippen molar-refractivity contribution in [3.8, 4) is 28.7 Å². The van der Waals surface area contributed by atoms with Crippen LogP contribution in [0, 0.1) is 11.3 Å². The van der Waals surface area contributed by atoms with E-state index in [-0.39, 0.29) is 18.1 Å². The second-order valence-electron chi connectivity index (χ2n) is 7.34. The summed E-state index contributed by atoms with van der Waals surface area (Å²) in [6, 6.07) is 7.24. The molecule has 0 saturated heterocycles. The number of carbonyl (C=O) groups excluding carboxylic acids is 1. The number of fused-ring (bicyclic) bond motifs is 1. The summed E-state index contributed by atoms with van der Waals surface area (Å²) in [5.74, 6) is -0.0679. The average Bonchev–Trinajstić information content (AvgIpc) is 3.52. The monoisotopic (exact) mass is 486 g/mol. The van der Waals surface area contributed by atoms with Crippen molar-refractivity contribution >= 4 is 34.4 Å². The van der Waals surface area contributed by atoms with Crippen molar-refractivity contribution in [2.75, 3.05) is 5.32 Å². The van der Waals surface area contributed by atoms with E-state index in [1.54, 1.807) is 36.3 Å². The number of H-pyrrole nitrogens is 1. The molecular formula is C22H15ClN10O2. The molecule has 0 unspecified atom stereocenters. The number of aryl methyl sites for hydroxylation is 1. The number of carbonyl (C=O) groups is 1. The first-order chi connectivity index (χ1) is 17.0. The predicted molar refractivity (Wildman–Crippen MR) is 125 cm³/mol. The van der Waals surface area contributed by atoms with Crippen molar-refractivity contribution in [1.29, 1.82) is 5.26 Å². The van der Waals surface area contributed by atoms with E-state index in [9.17, 15) is 10.1 Å². The molecule has 5 aromatic rings. The van der Waals surface area contributed by atoms with Crippen molar-refractivity contribution in [2.45, 2.75) is 6.61 Å². The Hall–Kier alpha value is -4.89. The van der Waals surface area contributed by atoms with Gasteiger partial charge in [-0.05, 0) is 18.2 Å². The van der Waals surface area contributed by atoms with E-state index < -0.39 is 6.09 Å². The zero-order valence-electron chi connectivity index (χ0n) is 18.1. The smallest absolute Gasteiger partial charge is 0.413 e. The van der Waals surface area contributed by atoms with E-state index in [2.05, 4.69) is 40.5 Å². The molecule has 172 valence electrons. The van der Waals surface area contributed by atoms with Crippen LogP contribution < -0.4 is 5.32 Å². The summed E-state index contributed by atoms with van der Waals surface area (Å²) in [5, 5.41) is 24.7. The number of benzene rings is 1. The fourth-order valence-electron chi connectivity index (χ4n) is 3.36. The van der Waals surface area contributed by atoms with Gasteiger partial charge in [0.05, 0.1) is 16.7 Å². The number of hydrogen-bond acceptors (Lipinski definition) is 9. The van der Waals surface area contributed by atoms with Gasteiger partial charge in [-0.2, -0.15) is 15.5 Å². The van der Waals surface area contributed by atoms with Crippen molar-refractivity contribution < 1.29 is 9.53 Å². The molecule has 0 spiro atoms. The third kappa shape index (κ3) is 4.48. The van der Waals surface area contributed by atoms with E-state index >= 15 is 0 Å². The number of anilines is 1. The van der Waals surface area contributed by atoms with Crippen molar-refractivity contribution in [1.82, 2.24) is 39.9 Å². The zero-order chi connectivity index (χ0) is 24.4. The molecule has 0 aliphatic rings. The van der Waals surface area contributed by atoms with Crippen LogP contribution in [0.15, 0.2) is 49.3 Å². The zero-order valence-corrected chi connectivity index (χ0v) is 18.9. The van der Waals surface area contributed by atoms with Crippen molar-refractivity contribution in [2.24, 2.45) is 7.05 Å². The molecule has 0 fully saturated rings. The van der Waals surface area contributed by atoms with Gasteiger partial charge >= 0.3 is 6.09 Å². The minimum atomic E-state index is -0.817. The minimum Gasteiger partial charge on any atom is -0.444 e. The van der Waals surface area contributed by atoms with E-state index in [1.165, 1.54) is 18.7 Å². The second-order valence-corrected chi connectivity index (χ2v) is 7.75. The molecule has 0 atom stereocenters. The summed E-state index contributed by atoms with van der Waals surface area (Å²) >= 11 is 6.43. The van der Waals surface area contributed by atoms with Crippen LogP contribution in [-0.4, -0.2) is 46.0 Å². The second kappa shape index (κ2) is 9.16. The van der Waals surface area contributed by atoms with Crippen LogP contribution in [0.3, 0.4) is 0 Å². The van der Waals surface area contributed by atoms with Crippen LogP contribution in [0.25, 0.3) is 33.5 Å². The largest absolute Gasteiger partial charge is 0.444 e. The maximum absolute atomic E-state index is 12.4. The van der Waals surface area contributed by atoms with Crippen LogP contribution in [0.5, 0.6) is 0 Å². The molecule has 2 N–H and O–H groups in total. The number of halogens is 1. The molecule has 13 heteroatoms. The molecule has 1 aromatic carbocycles. The van der Waals surface area contributed by atoms with Gasteiger partial charge < -0.3 is 4.74 Å². The maximum Gasteiger partial charge on any atom is 0.413 e. The average molecular weight is 487 g/mol. The molecule has 0 bridgehead atoms. The number of aromatic amines is 1. The van der Waals surface area contributed by atoms with Gasteiger partial charge in [0.25, 0.3) is 0 Å². The van der Waals surface area contributed by atoms with E-state index in [4.69, 9.17) is 16.3 Å². The molecule has 5 rings (SSSR count). The fourth-order valence-corrected chi connectivity index (χ4v) is 3.63. The molecule has 0 saturated carbocycles. The van der Waals surface area contributed by atoms with Gasteiger partial charge in [-0.1, -0.05) is 11.6 Å². The number of hydrogen-bond donors (Lipinski definition) is 2. The van der Waals surface area contributed by atoms with E-state index in [0.717, 1.165) is 5.39 Å². The van der Waals surface area contributed by atoms with Crippen molar-refractivity contribution in [3.05, 3.63) is 65.6 Å². The molecule has 0 radical (unpaired) electrons. The standard InChI is InChI=1S/C22H15ClN10O2/c1-33-3-2-16(32-33)20-19(13-4-14-9-27-31-18(14)15(23)5-13)28-17(6-24)21(29-20)30-22(34)35-10-12-7-25-11-26-8-12/h2-5,7-9,11H,10H2,1H3,(H,27,31)(H,29,30,34). The molecule has 4 heterocycles. The molecule has 0 aliphatic heterocycles. The van der Waals surface area contributed by atoms with E-state index in [1.807, 2.05) is 12.1 Å². The predicted octanol–water partition coefficient (Wildman–Crippen LogP) is 3.48. The molecular weight excluding hydrogens is 472 g/mol. The molecule has 4 aromatic heterocycles. The SMILES string of the molecule is Cn1ccc(-c2nc(NC(=O)OCc3cncnc3)c(C#N)nc2-c2cc(Cl)c3[nH]ncc3c2)n1. The van der Waals surface area contributed by atoms with Gasteiger partial charge in [-0.3, -0.25) is 15.1 Å². The highest BCUT2D eigenvalue weighted by Gasteiger charge is 2.21. The minimum absolute atomic E-state index is 0.0591. The van der Waals surface area contributed by atoms with Crippen LogP contribution in [0.1, 0.15) is 11.3 Å². The van der Waals surface area contributed by atoms with Gasteiger partial charge in [-0.15, -0.1) is 0 Å². The summed E-state index contributed by atoms with van der Waals surface area (Å²) in [4.78, 5) is 29.2. The lowest BCUT2D eigenvalue weighted by molar-refractivity contribution is 0.154. The Kier molecular flexibility index (Phi) is 5.74. The number of nitrogens with one attached hydrogen (secondary N) is 2. The summed E-state index contributed by atoms with van der Waals surface area (Å²) < 4.78 is 6.80. The summed E-state index contributed by atoms with van der Waals surface area (Å²) in [6.07, 6.45) is 6.98. The molecule has 0 aliphatic carbocycles. The number of amides is 1. The Morgan fingerprint density at radius 1 is 1.23 bits per heavy atom. The Bertz CT molecular complexity index is 1590. The van der Waals surface area contributed by atoms with Gasteiger partial charge in [0, 0.05) is 42.2 Å². The molecule has 12 nitrogen and oxygen atoms in total. The Morgan fingerprint density at radius 3 is 2.80 bits per heavy atom. The molecule has 1 amide bonds. The van der Waals surface area contributed by atoms with Gasteiger partial charge in [0.1, 0.15) is 36.1 Å². The van der Waals surface area contributed by atoms with Crippen LogP contribution in [0.2, 0.25) is 5.02 Å². The Balaban J connectivity index is 1.55. The third-order valence-electron chi connectivity index (χ3n) is 4.94. The maximum atomic E-state index is 12.4. The highest BCUT2D eigenvalue weighted by Crippen LogP contribution is 2.34. The first-order valence-corrected chi connectivity index (χ1v) is 10.5. The lowest BCUT2D eigenvalue weighted by atomic mass is 10.1. The first-order valence-electron chi connectivity index (χ1n) is 10.1. The number of aromatic nitrogens is 8. The Labute approximate surface area is 202 Å². The normalized spacial score (nSPS) is 10.8. The number of rotatable bonds is 5. The van der Waals surface area contributed by atoms with Gasteiger partial charge in [0.2, 0.25) is 0 Å². The summed E-state index contributed by atoms with van der Waals surface area (Å²) in [5.41, 5.74) is 2.97. The van der Waals surface area contributed by atoms with E-state index in [0.29, 0.717) is 38.7 Å². The molecule has 35 heavy (non-hydrogen) atoms. The van der Waals surface area contributed by atoms with Crippen molar-refractivity contribution in [3.63, 3.8) is 0 Å². The van der Waals surface area contributed by atoms with Gasteiger partial charge in [-0.25, -0.2) is 24.7 Å². The highest BCUT2D eigenvalue weighted by molar-refractivity contribution is 6.35. The van der Waals surface area contributed by atoms with Gasteiger partial charge in [0.15, 0.2) is 11.5 Å². The highest BCUT2D eigenvalue weighted by atomic mass is 35.5. The Morgan fingerprint density at radius 2 is 2.06 bits per heavy atom. The number of nitriles is 1. The van der Waals surface area contributed by atoms with Crippen LogP contribution >= 0.6 is 11.6 Å². The quantitative estimate of drug-likeness (QED) is 0.378. The summed E-state index contributed by atoms with van der Waals surface area (Å²) in [6.45, 7) is -0.0591. The topological polar surface area (TPSA) is 160 Å².